The van der Waals surface area contributed by atoms with Crippen LogP contribution in [-0.2, 0) is 0 Å². The number of carbonyl (C=O) groups is 1. The molecular formula is C15H18N2OS. The Balaban J connectivity index is 1.63. The first-order valence-corrected chi connectivity index (χ1v) is 7.76. The summed E-state index contributed by atoms with van der Waals surface area (Å²) in [6, 6.07) is 7.94. The van der Waals surface area contributed by atoms with Crippen molar-refractivity contribution in [3.63, 3.8) is 0 Å². The van der Waals surface area contributed by atoms with E-state index in [0.29, 0.717) is 11.4 Å². The highest BCUT2D eigenvalue weighted by Gasteiger charge is 2.15. The molecule has 19 heavy (non-hydrogen) atoms. The molecule has 0 aliphatic carbocycles. The quantitative estimate of drug-likeness (QED) is 0.802. The molecule has 1 saturated heterocycles. The molecule has 1 aromatic heterocycles. The van der Waals surface area contributed by atoms with E-state index in [4.69, 9.17) is 0 Å². The average molecular weight is 274 g/mol. The summed E-state index contributed by atoms with van der Waals surface area (Å²) >= 11 is 1.51. The standard InChI is InChI=1S/C15H18N2OS/c18-13(8-11-17-9-4-1-5-10-17)15-16-12-6-2-3-7-14(12)19-15/h2-3,6-7H,1,4-5,8-11H2. The molecule has 4 heteroatoms. The molecule has 1 fully saturated rings. The fourth-order valence-corrected chi connectivity index (χ4v) is 3.47. The van der Waals surface area contributed by atoms with Crippen molar-refractivity contribution in [3.05, 3.63) is 29.3 Å². The third-order valence-corrected chi connectivity index (χ3v) is 4.71. The normalized spacial score (nSPS) is 16.8. The van der Waals surface area contributed by atoms with Crippen LogP contribution in [0.5, 0.6) is 0 Å². The highest BCUT2D eigenvalue weighted by molar-refractivity contribution is 7.20. The van der Waals surface area contributed by atoms with Gasteiger partial charge in [0.2, 0.25) is 0 Å². The maximum absolute atomic E-state index is 12.2. The van der Waals surface area contributed by atoms with Crippen LogP contribution < -0.4 is 0 Å². The van der Waals surface area contributed by atoms with Crippen LogP contribution in [0.3, 0.4) is 0 Å². The molecule has 0 radical (unpaired) electrons. The van der Waals surface area contributed by atoms with Crippen molar-refractivity contribution in [2.45, 2.75) is 25.7 Å². The molecule has 0 atom stereocenters. The highest BCUT2D eigenvalue weighted by atomic mass is 32.1. The molecule has 1 aliphatic rings. The molecule has 1 aromatic carbocycles. The second-order valence-electron chi connectivity index (χ2n) is 5.06. The van der Waals surface area contributed by atoms with Crippen LogP contribution in [0.25, 0.3) is 10.2 Å². The van der Waals surface area contributed by atoms with Crippen molar-refractivity contribution in [1.29, 1.82) is 0 Å². The Labute approximate surface area is 117 Å². The number of fused-ring (bicyclic) bond motifs is 1. The first-order chi connectivity index (χ1) is 9.33. The zero-order valence-corrected chi connectivity index (χ0v) is 11.8. The number of nitrogens with zero attached hydrogens (tertiary/aromatic N) is 2. The van der Waals surface area contributed by atoms with E-state index >= 15 is 0 Å². The van der Waals surface area contributed by atoms with Crippen LogP contribution in [0.2, 0.25) is 0 Å². The van der Waals surface area contributed by atoms with Gasteiger partial charge in [0.05, 0.1) is 10.2 Å². The van der Waals surface area contributed by atoms with Crippen LogP contribution in [-0.4, -0.2) is 35.3 Å². The van der Waals surface area contributed by atoms with Crippen LogP contribution in [0.15, 0.2) is 24.3 Å². The Bertz CT molecular complexity index is 539. The van der Waals surface area contributed by atoms with E-state index in [0.717, 1.165) is 29.9 Å². The SMILES string of the molecule is O=C(CCN1CCCCC1)c1nc2ccccc2s1. The van der Waals surface area contributed by atoms with Gasteiger partial charge in [-0.3, -0.25) is 4.79 Å². The van der Waals surface area contributed by atoms with Gasteiger partial charge in [-0.05, 0) is 38.1 Å². The molecular weight excluding hydrogens is 256 g/mol. The number of likely N-dealkylation sites (tertiary alicyclic amines) is 1. The lowest BCUT2D eigenvalue weighted by Gasteiger charge is -2.25. The van der Waals surface area contributed by atoms with Crippen LogP contribution in [0, 0.1) is 0 Å². The molecule has 0 amide bonds. The second kappa shape index (κ2) is 5.80. The first-order valence-electron chi connectivity index (χ1n) is 6.94. The summed E-state index contributed by atoms with van der Waals surface area (Å²) in [5, 5.41) is 0.665. The Morgan fingerprint density at radius 3 is 2.79 bits per heavy atom. The maximum Gasteiger partial charge on any atom is 0.192 e. The van der Waals surface area contributed by atoms with Crippen molar-refractivity contribution < 1.29 is 4.79 Å². The van der Waals surface area contributed by atoms with Crippen LogP contribution in [0.4, 0.5) is 0 Å². The van der Waals surface area contributed by atoms with Gasteiger partial charge >= 0.3 is 0 Å². The van der Waals surface area contributed by atoms with E-state index in [9.17, 15) is 4.79 Å². The fraction of sp³-hybridized carbons (Fsp3) is 0.467. The predicted molar refractivity (Wildman–Crippen MR) is 78.9 cm³/mol. The van der Waals surface area contributed by atoms with E-state index in [1.165, 1.54) is 30.6 Å². The van der Waals surface area contributed by atoms with Gasteiger partial charge in [-0.2, -0.15) is 0 Å². The minimum Gasteiger partial charge on any atom is -0.303 e. The maximum atomic E-state index is 12.2. The van der Waals surface area contributed by atoms with Crippen molar-refractivity contribution in [2.24, 2.45) is 0 Å². The fourth-order valence-electron chi connectivity index (χ4n) is 2.54. The van der Waals surface area contributed by atoms with Gasteiger partial charge in [0.25, 0.3) is 0 Å². The molecule has 3 nitrogen and oxygen atoms in total. The smallest absolute Gasteiger partial charge is 0.192 e. The summed E-state index contributed by atoms with van der Waals surface area (Å²) in [5.41, 5.74) is 0.939. The minimum absolute atomic E-state index is 0.187. The Kier molecular flexibility index (Phi) is 3.89. The number of rotatable bonds is 4. The Hall–Kier alpha value is -1.26. The van der Waals surface area contributed by atoms with E-state index in [1.807, 2.05) is 24.3 Å². The third kappa shape index (κ3) is 3.01. The molecule has 0 spiro atoms. The molecule has 0 saturated carbocycles. The van der Waals surface area contributed by atoms with E-state index in [2.05, 4.69) is 9.88 Å². The number of hydrogen-bond acceptors (Lipinski definition) is 4. The number of thiazole rings is 1. The van der Waals surface area contributed by atoms with Crippen LogP contribution in [0.1, 0.15) is 35.5 Å². The molecule has 0 N–H and O–H groups in total. The predicted octanol–water partition coefficient (Wildman–Crippen LogP) is 3.36. The molecule has 0 unspecified atom stereocenters. The average Bonchev–Trinajstić information content (AvgIpc) is 2.90. The summed E-state index contributed by atoms with van der Waals surface area (Å²) in [5.74, 6) is 0.187. The number of piperidine rings is 1. The minimum atomic E-state index is 0.187. The summed E-state index contributed by atoms with van der Waals surface area (Å²) in [7, 11) is 0. The van der Waals surface area contributed by atoms with Crippen molar-refractivity contribution in [2.75, 3.05) is 19.6 Å². The molecule has 0 bridgehead atoms. The molecule has 3 rings (SSSR count). The van der Waals surface area contributed by atoms with E-state index in [1.54, 1.807) is 0 Å². The Morgan fingerprint density at radius 1 is 1.21 bits per heavy atom. The van der Waals surface area contributed by atoms with Gasteiger partial charge < -0.3 is 4.90 Å². The monoisotopic (exact) mass is 274 g/mol. The summed E-state index contributed by atoms with van der Waals surface area (Å²) in [6.45, 7) is 3.18. The second-order valence-corrected chi connectivity index (χ2v) is 6.09. The van der Waals surface area contributed by atoms with Crippen molar-refractivity contribution >= 4 is 27.3 Å². The third-order valence-electron chi connectivity index (χ3n) is 3.64. The molecule has 2 aromatic rings. The van der Waals surface area contributed by atoms with Gasteiger partial charge in [0.1, 0.15) is 0 Å². The van der Waals surface area contributed by atoms with E-state index < -0.39 is 0 Å². The van der Waals surface area contributed by atoms with Crippen molar-refractivity contribution in [1.82, 2.24) is 9.88 Å². The number of benzene rings is 1. The zero-order chi connectivity index (χ0) is 13.1. The van der Waals surface area contributed by atoms with Crippen molar-refractivity contribution in [3.8, 4) is 0 Å². The lowest BCUT2D eigenvalue weighted by atomic mass is 10.1. The van der Waals surface area contributed by atoms with Gasteiger partial charge in [0, 0.05) is 13.0 Å². The summed E-state index contributed by atoms with van der Waals surface area (Å²) in [6.07, 6.45) is 4.48. The number of Topliss-reactive ketones (excluding diaryl/α,β-unsaturated/α-hetero) is 1. The molecule has 100 valence electrons. The number of ketones is 1. The highest BCUT2D eigenvalue weighted by Crippen LogP contribution is 2.22. The first kappa shape index (κ1) is 12.8. The number of aromatic nitrogens is 1. The Morgan fingerprint density at radius 2 is 2.00 bits per heavy atom. The van der Waals surface area contributed by atoms with E-state index in [-0.39, 0.29) is 5.78 Å². The largest absolute Gasteiger partial charge is 0.303 e. The lowest BCUT2D eigenvalue weighted by molar-refractivity contribution is 0.0958. The number of para-hydroxylation sites is 1. The van der Waals surface area contributed by atoms with Gasteiger partial charge in [-0.1, -0.05) is 18.6 Å². The van der Waals surface area contributed by atoms with Crippen LogP contribution >= 0.6 is 11.3 Å². The number of carbonyl (C=O) groups excluding carboxylic acids is 1. The molecule has 1 aliphatic heterocycles. The molecule has 2 heterocycles. The van der Waals surface area contributed by atoms with Gasteiger partial charge in [0.15, 0.2) is 10.8 Å². The van der Waals surface area contributed by atoms with Gasteiger partial charge in [-0.15, -0.1) is 11.3 Å². The topological polar surface area (TPSA) is 33.2 Å². The summed E-state index contributed by atoms with van der Waals surface area (Å²) < 4.78 is 1.10. The zero-order valence-electron chi connectivity index (χ0n) is 11.0. The van der Waals surface area contributed by atoms with Gasteiger partial charge in [-0.25, -0.2) is 4.98 Å². The summed E-state index contributed by atoms with van der Waals surface area (Å²) in [4.78, 5) is 19.0. The number of hydrogen-bond donors (Lipinski definition) is 0. The lowest BCUT2D eigenvalue weighted by Crippen LogP contribution is -2.31.